The van der Waals surface area contributed by atoms with Crippen LogP contribution in [0.1, 0.15) is 170 Å². The number of amides is 4. The fourth-order valence-electron chi connectivity index (χ4n) is 15.0. The van der Waals surface area contributed by atoms with Gasteiger partial charge in [0.25, 0.3) is 23.6 Å². The molecule has 8 aromatic carbocycles. The Morgan fingerprint density at radius 1 is 0.268 bits per heavy atom. The standard InChI is InChI=1S/4C22H20Cl2N2O2/c4*23-17-8-6-15(7-9-17)20-21(16-2-1-3-18(24)12-16)28-19(10-11-25)22(27)26(20)13-14-4-5-14/h4*1-3,6-9,12,14,19-21H,4-5,10,13H2/t2*19-,20+,21+;2*19-,20-,21-/m1010/s1. The molecule has 0 unspecified atom stereocenters. The van der Waals surface area contributed by atoms with Gasteiger partial charge in [-0.25, -0.2) is 0 Å². The van der Waals surface area contributed by atoms with Crippen LogP contribution in [0.15, 0.2) is 194 Å². The van der Waals surface area contributed by atoms with Crippen molar-refractivity contribution in [1.82, 2.24) is 19.6 Å². The van der Waals surface area contributed by atoms with Crippen molar-refractivity contribution in [2.24, 2.45) is 23.7 Å². The molecule has 8 aromatic rings. The second-order valence-corrected chi connectivity index (χ2v) is 33.1. The van der Waals surface area contributed by atoms with Crippen molar-refractivity contribution in [3.8, 4) is 24.3 Å². The van der Waals surface area contributed by atoms with Gasteiger partial charge in [-0.05, 0) is 217 Å². The third-order valence-electron chi connectivity index (χ3n) is 21.2. The molecule has 4 aliphatic heterocycles. The average molecular weight is 1660 g/mol. The summed E-state index contributed by atoms with van der Waals surface area (Å²) >= 11 is 49.3. The Morgan fingerprint density at radius 3 is 0.616 bits per heavy atom. The molecule has 0 spiro atoms. The van der Waals surface area contributed by atoms with Gasteiger partial charge in [0.2, 0.25) is 0 Å². The van der Waals surface area contributed by atoms with E-state index >= 15 is 0 Å². The molecule has 0 radical (unpaired) electrons. The van der Waals surface area contributed by atoms with Crippen molar-refractivity contribution in [3.05, 3.63) is 279 Å². The summed E-state index contributed by atoms with van der Waals surface area (Å²) in [5.74, 6) is 1.58. The van der Waals surface area contributed by atoms with Crippen LogP contribution in [0, 0.1) is 69.0 Å². The smallest absolute Gasteiger partial charge is 0.253 e. The van der Waals surface area contributed by atoms with Crippen molar-refractivity contribution in [3.63, 3.8) is 0 Å². The van der Waals surface area contributed by atoms with Gasteiger partial charge in [-0.2, -0.15) is 21.0 Å². The highest BCUT2D eigenvalue weighted by atomic mass is 35.5. The van der Waals surface area contributed by atoms with Crippen molar-refractivity contribution < 1.29 is 38.1 Å². The summed E-state index contributed by atoms with van der Waals surface area (Å²) in [6.07, 6.45) is 4.45. The number of hydrogen-bond acceptors (Lipinski definition) is 12. The second kappa shape index (κ2) is 37.8. The zero-order valence-corrected chi connectivity index (χ0v) is 66.9. The Bertz CT molecular complexity index is 4230. The number of ether oxygens (including phenoxy) is 4. The summed E-state index contributed by atoms with van der Waals surface area (Å²) in [6, 6.07) is 67.3. The van der Waals surface area contributed by atoms with Gasteiger partial charge in [0.1, 0.15) is 48.8 Å². The van der Waals surface area contributed by atoms with Gasteiger partial charge >= 0.3 is 0 Å². The lowest BCUT2D eigenvalue weighted by molar-refractivity contribution is -0.174. The summed E-state index contributed by atoms with van der Waals surface area (Å²) in [6.45, 7) is 2.70. The molecule has 12 atom stereocenters. The van der Waals surface area contributed by atoms with Gasteiger partial charge in [0.05, 0.1) is 74.1 Å². The lowest BCUT2D eigenvalue weighted by atomic mass is 9.91. The van der Waals surface area contributed by atoms with Crippen LogP contribution >= 0.6 is 92.8 Å². The first-order valence-electron chi connectivity index (χ1n) is 37.6. The first-order chi connectivity index (χ1) is 54.3. The highest BCUT2D eigenvalue weighted by Gasteiger charge is 2.50. The summed E-state index contributed by atoms with van der Waals surface area (Å²) in [5, 5.41) is 41.8. The molecule has 8 aliphatic rings. The maximum atomic E-state index is 13.2. The lowest BCUT2D eigenvalue weighted by Gasteiger charge is -2.44. The first-order valence-corrected chi connectivity index (χ1v) is 40.6. The van der Waals surface area contributed by atoms with Crippen LogP contribution in [0.4, 0.5) is 0 Å². The van der Waals surface area contributed by atoms with Crippen LogP contribution in [0.5, 0.6) is 0 Å². The molecule has 4 amide bonds. The molecule has 4 aliphatic carbocycles. The van der Waals surface area contributed by atoms with Crippen LogP contribution in [0.3, 0.4) is 0 Å². The van der Waals surface area contributed by atoms with Crippen LogP contribution < -0.4 is 0 Å². The van der Waals surface area contributed by atoms with E-state index in [0.717, 1.165) is 95.9 Å². The molecule has 4 saturated carbocycles. The van der Waals surface area contributed by atoms with Crippen LogP contribution in [-0.2, 0) is 38.1 Å². The van der Waals surface area contributed by atoms with E-state index < -0.39 is 48.8 Å². The molecule has 16 nitrogen and oxygen atoms in total. The van der Waals surface area contributed by atoms with Gasteiger partial charge in [-0.3, -0.25) is 19.2 Å². The first kappa shape index (κ1) is 81.8. The Labute approximate surface area is 693 Å². The molecular formula is C88H80Cl8N8O8. The molecule has 0 bridgehead atoms. The zero-order chi connectivity index (χ0) is 78.7. The van der Waals surface area contributed by atoms with Gasteiger partial charge in [0.15, 0.2) is 0 Å². The summed E-state index contributed by atoms with van der Waals surface area (Å²) in [7, 11) is 0. The number of nitrogens with zero attached hydrogens (tertiary/aromatic N) is 8. The minimum Gasteiger partial charge on any atom is -0.357 e. The van der Waals surface area contributed by atoms with Gasteiger partial charge in [-0.15, -0.1) is 0 Å². The molecule has 8 fully saturated rings. The number of benzene rings is 8. The Morgan fingerprint density at radius 2 is 0.455 bits per heavy atom. The van der Waals surface area contributed by atoms with Gasteiger partial charge in [-0.1, -0.05) is 190 Å². The van der Waals surface area contributed by atoms with E-state index in [1.165, 1.54) is 0 Å². The minimum absolute atomic E-state index is 0.0321. The quantitative estimate of drug-likeness (QED) is 0.0697. The molecule has 0 aromatic heterocycles. The predicted molar refractivity (Wildman–Crippen MR) is 432 cm³/mol. The van der Waals surface area contributed by atoms with Gasteiger partial charge < -0.3 is 38.5 Å². The maximum Gasteiger partial charge on any atom is 0.253 e. The van der Waals surface area contributed by atoms with E-state index in [1.54, 1.807) is 0 Å². The topological polar surface area (TPSA) is 213 Å². The lowest BCUT2D eigenvalue weighted by Crippen LogP contribution is -2.51. The molecule has 16 rings (SSSR count). The van der Waals surface area contributed by atoms with E-state index in [2.05, 4.69) is 24.3 Å². The third kappa shape index (κ3) is 20.6. The second-order valence-electron chi connectivity index (χ2n) is 29.6. The van der Waals surface area contributed by atoms with Crippen LogP contribution in [0.25, 0.3) is 0 Å². The molecule has 4 heterocycles. The van der Waals surface area contributed by atoms with Crippen molar-refractivity contribution >= 4 is 116 Å². The van der Waals surface area contributed by atoms with E-state index in [0.29, 0.717) is 90.0 Å². The Hall–Kier alpha value is -8.24. The van der Waals surface area contributed by atoms with Crippen molar-refractivity contribution in [2.45, 2.75) is 150 Å². The average Bonchev–Trinajstić information content (AvgIpc) is 1.49. The number of halogens is 8. The Kier molecular flexibility index (Phi) is 27.6. The third-order valence-corrected chi connectivity index (χ3v) is 23.2. The van der Waals surface area contributed by atoms with Crippen LogP contribution in [-0.4, -0.2) is 93.8 Å². The van der Waals surface area contributed by atoms with E-state index in [9.17, 15) is 40.2 Å². The number of carbonyl (C=O) groups is 4. The fourth-order valence-corrected chi connectivity index (χ4v) is 16.3. The van der Waals surface area contributed by atoms with E-state index in [4.69, 9.17) is 112 Å². The highest BCUT2D eigenvalue weighted by Crippen LogP contribution is 2.51. The normalized spacial score (nSPS) is 24.8. The number of hydrogen-bond donors (Lipinski definition) is 0. The largest absolute Gasteiger partial charge is 0.357 e. The zero-order valence-electron chi connectivity index (χ0n) is 60.9. The van der Waals surface area contributed by atoms with Crippen molar-refractivity contribution in [1.29, 1.82) is 21.0 Å². The molecule has 0 N–H and O–H groups in total. The van der Waals surface area contributed by atoms with E-state index in [-0.39, 0.29) is 73.5 Å². The Balaban J connectivity index is 0.000000131. The van der Waals surface area contributed by atoms with Gasteiger partial charge in [0, 0.05) is 66.4 Å². The summed E-state index contributed by atoms with van der Waals surface area (Å²) in [4.78, 5) is 60.3. The minimum atomic E-state index is -0.767. The number of carbonyl (C=O) groups excluding carboxylic acids is 4. The van der Waals surface area contributed by atoms with E-state index in [1.807, 2.05) is 214 Å². The highest BCUT2D eigenvalue weighted by molar-refractivity contribution is 6.32. The van der Waals surface area contributed by atoms with Crippen LogP contribution in [0.2, 0.25) is 40.2 Å². The molecule has 24 heteroatoms. The summed E-state index contributed by atoms with van der Waals surface area (Å²) < 4.78 is 24.8. The number of morpholine rings is 4. The van der Waals surface area contributed by atoms with Crippen molar-refractivity contribution in [2.75, 3.05) is 26.2 Å². The number of nitriles is 4. The summed E-state index contributed by atoms with van der Waals surface area (Å²) in [5.41, 5.74) is 7.40. The molecule has 4 saturated heterocycles. The molecule has 112 heavy (non-hydrogen) atoms. The monoisotopic (exact) mass is 1660 g/mol. The fraction of sp³-hybridized carbons (Fsp3) is 0.364. The maximum absolute atomic E-state index is 13.2. The molecular weight excluding hydrogens is 1580 g/mol. The molecule has 576 valence electrons. The SMILES string of the molecule is N#CC[C@@H]1O[C@@H](c2cccc(Cl)c2)[C@H](c2ccc(Cl)cc2)N(CC2CC2)C1=O.N#CC[C@@H]1O[C@H](c2cccc(Cl)c2)[C@@H](c2ccc(Cl)cc2)N(CC2CC2)C1=O.N#CC[C@H]1O[C@@H](c2cccc(Cl)c2)[C@H](c2ccc(Cl)cc2)N(CC2CC2)C1=O.N#CC[C@H]1O[C@H](c2cccc(Cl)c2)[C@@H](c2ccc(Cl)cc2)N(CC2CC2)C1=O. The predicted octanol–water partition coefficient (Wildman–Crippen LogP) is 21.3. The number of rotatable bonds is 20.